The van der Waals surface area contributed by atoms with Crippen LogP contribution in [0.15, 0.2) is 30.3 Å². The second-order valence-electron chi connectivity index (χ2n) is 5.48. The summed E-state index contributed by atoms with van der Waals surface area (Å²) in [7, 11) is 0. The lowest BCUT2D eigenvalue weighted by atomic mass is 10.1. The van der Waals surface area contributed by atoms with Crippen molar-refractivity contribution in [3.63, 3.8) is 0 Å². The third-order valence-corrected chi connectivity index (χ3v) is 4.29. The first-order valence-electron chi connectivity index (χ1n) is 7.05. The Morgan fingerprint density at radius 2 is 1.78 bits per heavy atom. The number of benzene rings is 2. The Morgan fingerprint density at radius 3 is 2.35 bits per heavy atom. The van der Waals surface area contributed by atoms with Crippen molar-refractivity contribution in [2.45, 2.75) is 25.4 Å². The lowest BCUT2D eigenvalue weighted by Gasteiger charge is -2.13. The van der Waals surface area contributed by atoms with Crippen LogP contribution in [0.3, 0.4) is 0 Å². The Hall–Kier alpha value is -1.29. The molecular formula is C17H12Cl3FO2. The van der Waals surface area contributed by atoms with Gasteiger partial charge in [-0.05, 0) is 65.8 Å². The van der Waals surface area contributed by atoms with E-state index in [1.807, 2.05) is 0 Å². The summed E-state index contributed by atoms with van der Waals surface area (Å²) in [6.45, 7) is 0.202. The highest BCUT2D eigenvalue weighted by atomic mass is 35.5. The van der Waals surface area contributed by atoms with Crippen LogP contribution in [0.2, 0.25) is 10.0 Å². The first kappa shape index (κ1) is 16.6. The molecule has 1 aliphatic carbocycles. The third kappa shape index (κ3) is 3.97. The topological polar surface area (TPSA) is 26.3 Å². The molecule has 2 nitrogen and oxygen atoms in total. The van der Waals surface area contributed by atoms with Crippen LogP contribution in [0.25, 0.3) is 0 Å². The molecule has 0 bridgehead atoms. The van der Waals surface area contributed by atoms with Gasteiger partial charge in [-0.3, -0.25) is 4.79 Å². The van der Waals surface area contributed by atoms with Gasteiger partial charge in [0.25, 0.3) is 5.24 Å². The van der Waals surface area contributed by atoms with Gasteiger partial charge in [0.15, 0.2) is 0 Å². The fourth-order valence-electron chi connectivity index (χ4n) is 2.42. The molecular weight excluding hydrogens is 362 g/mol. The van der Waals surface area contributed by atoms with Crippen molar-refractivity contribution in [2.24, 2.45) is 0 Å². The molecule has 0 atom stereocenters. The standard InChI is InChI=1S/C17H12Cl3FO2/c18-11-3-9(4-12(19)5-11)8-23-16-7-15(21)14(17(20)22)6-13(16)10-1-2-10/h3-7,10H,1-2,8H2. The maximum absolute atomic E-state index is 14.0. The van der Waals surface area contributed by atoms with Crippen LogP contribution in [-0.2, 0) is 6.61 Å². The van der Waals surface area contributed by atoms with E-state index in [0.717, 1.165) is 24.0 Å². The molecule has 2 aromatic carbocycles. The molecule has 120 valence electrons. The average molecular weight is 374 g/mol. The lowest BCUT2D eigenvalue weighted by molar-refractivity contribution is 0.107. The molecule has 0 N–H and O–H groups in total. The van der Waals surface area contributed by atoms with Gasteiger partial charge in [-0.25, -0.2) is 4.39 Å². The van der Waals surface area contributed by atoms with E-state index in [1.165, 1.54) is 12.1 Å². The van der Waals surface area contributed by atoms with Crippen LogP contribution in [0.4, 0.5) is 4.39 Å². The second kappa shape index (κ2) is 6.68. The molecule has 23 heavy (non-hydrogen) atoms. The number of ether oxygens (including phenoxy) is 1. The van der Waals surface area contributed by atoms with Crippen molar-refractivity contribution < 1.29 is 13.9 Å². The van der Waals surface area contributed by atoms with E-state index in [0.29, 0.717) is 15.8 Å². The lowest BCUT2D eigenvalue weighted by Crippen LogP contribution is -2.03. The summed E-state index contributed by atoms with van der Waals surface area (Å²) in [6, 6.07) is 7.80. The van der Waals surface area contributed by atoms with E-state index in [4.69, 9.17) is 39.5 Å². The number of carbonyl (C=O) groups is 1. The van der Waals surface area contributed by atoms with Crippen LogP contribution >= 0.6 is 34.8 Å². The smallest absolute Gasteiger partial charge is 0.255 e. The Morgan fingerprint density at radius 1 is 1.13 bits per heavy atom. The number of halogens is 4. The fraction of sp³-hybridized carbons (Fsp3) is 0.235. The molecule has 2 aromatic rings. The number of hydrogen-bond acceptors (Lipinski definition) is 2. The minimum absolute atomic E-state index is 0.119. The monoisotopic (exact) mass is 372 g/mol. The summed E-state index contributed by atoms with van der Waals surface area (Å²) in [5.74, 6) is 0.0135. The van der Waals surface area contributed by atoms with E-state index in [9.17, 15) is 9.18 Å². The largest absolute Gasteiger partial charge is 0.489 e. The predicted octanol–water partition coefficient (Wildman–Crippen LogP) is 5.97. The normalized spacial score (nSPS) is 13.9. The number of rotatable bonds is 5. The van der Waals surface area contributed by atoms with Crippen molar-refractivity contribution in [1.82, 2.24) is 0 Å². The van der Waals surface area contributed by atoms with Gasteiger partial charge in [-0.1, -0.05) is 23.2 Å². The highest BCUT2D eigenvalue weighted by Gasteiger charge is 2.29. The molecule has 1 fully saturated rings. The first-order valence-corrected chi connectivity index (χ1v) is 8.18. The second-order valence-corrected chi connectivity index (χ2v) is 6.70. The van der Waals surface area contributed by atoms with Crippen molar-refractivity contribution >= 4 is 40.0 Å². The zero-order valence-electron chi connectivity index (χ0n) is 11.9. The summed E-state index contributed by atoms with van der Waals surface area (Å²) in [5, 5.41) is 0.207. The quantitative estimate of drug-likeness (QED) is 0.604. The molecule has 1 saturated carbocycles. The van der Waals surface area contributed by atoms with E-state index >= 15 is 0 Å². The van der Waals surface area contributed by atoms with Crippen LogP contribution in [0, 0.1) is 5.82 Å². The van der Waals surface area contributed by atoms with E-state index < -0.39 is 11.1 Å². The van der Waals surface area contributed by atoms with Gasteiger partial charge in [0.05, 0.1) is 5.56 Å². The maximum atomic E-state index is 14.0. The molecule has 0 aromatic heterocycles. The molecule has 0 unspecified atom stereocenters. The Balaban J connectivity index is 1.87. The zero-order chi connectivity index (χ0) is 16.6. The Kier molecular flexibility index (Phi) is 4.81. The zero-order valence-corrected chi connectivity index (χ0v) is 14.2. The maximum Gasteiger partial charge on any atom is 0.255 e. The van der Waals surface area contributed by atoms with Crippen LogP contribution in [-0.4, -0.2) is 5.24 Å². The highest BCUT2D eigenvalue weighted by Crippen LogP contribution is 2.45. The molecule has 0 saturated heterocycles. The fourth-order valence-corrected chi connectivity index (χ4v) is 3.13. The predicted molar refractivity (Wildman–Crippen MR) is 89.4 cm³/mol. The number of carbonyl (C=O) groups excluding carboxylic acids is 1. The van der Waals surface area contributed by atoms with Crippen LogP contribution in [0.5, 0.6) is 5.75 Å². The molecule has 0 radical (unpaired) electrons. The summed E-state index contributed by atoms with van der Waals surface area (Å²) in [4.78, 5) is 11.3. The van der Waals surface area contributed by atoms with Gasteiger partial charge in [0.1, 0.15) is 18.2 Å². The summed E-state index contributed by atoms with van der Waals surface area (Å²) < 4.78 is 19.7. The van der Waals surface area contributed by atoms with E-state index in [-0.39, 0.29) is 18.1 Å². The van der Waals surface area contributed by atoms with Crippen molar-refractivity contribution in [3.05, 3.63) is 62.9 Å². The van der Waals surface area contributed by atoms with Gasteiger partial charge in [-0.2, -0.15) is 0 Å². The SMILES string of the molecule is O=C(Cl)c1cc(C2CC2)c(OCc2cc(Cl)cc(Cl)c2)cc1F. The van der Waals surface area contributed by atoms with Gasteiger partial charge in [0, 0.05) is 16.1 Å². The molecule has 6 heteroatoms. The molecule has 3 rings (SSSR count). The van der Waals surface area contributed by atoms with Crippen molar-refractivity contribution in [1.29, 1.82) is 0 Å². The Labute approximate surface area is 148 Å². The van der Waals surface area contributed by atoms with Crippen molar-refractivity contribution in [3.8, 4) is 5.75 Å². The third-order valence-electron chi connectivity index (χ3n) is 3.65. The van der Waals surface area contributed by atoms with Gasteiger partial charge in [-0.15, -0.1) is 0 Å². The summed E-state index contributed by atoms with van der Waals surface area (Å²) in [6.07, 6.45) is 1.97. The van der Waals surface area contributed by atoms with Crippen LogP contribution < -0.4 is 4.74 Å². The number of hydrogen-bond donors (Lipinski definition) is 0. The molecule has 0 aliphatic heterocycles. The minimum Gasteiger partial charge on any atom is -0.489 e. The molecule has 1 aliphatic rings. The first-order chi connectivity index (χ1) is 10.9. The minimum atomic E-state index is -0.808. The highest BCUT2D eigenvalue weighted by molar-refractivity contribution is 6.67. The van der Waals surface area contributed by atoms with E-state index in [1.54, 1.807) is 18.2 Å². The van der Waals surface area contributed by atoms with Gasteiger partial charge < -0.3 is 4.74 Å². The summed E-state index contributed by atoms with van der Waals surface area (Å²) in [5.41, 5.74) is 1.47. The van der Waals surface area contributed by atoms with Gasteiger partial charge in [0.2, 0.25) is 0 Å². The molecule has 0 spiro atoms. The van der Waals surface area contributed by atoms with Crippen molar-refractivity contribution in [2.75, 3.05) is 0 Å². The van der Waals surface area contributed by atoms with E-state index in [2.05, 4.69) is 0 Å². The molecule has 0 amide bonds. The van der Waals surface area contributed by atoms with Gasteiger partial charge >= 0.3 is 0 Å². The van der Waals surface area contributed by atoms with Crippen LogP contribution in [0.1, 0.15) is 40.2 Å². The summed E-state index contributed by atoms with van der Waals surface area (Å²) >= 11 is 17.3. The Bertz CT molecular complexity index is 752. The average Bonchev–Trinajstić information content (AvgIpc) is 3.28. The molecule has 0 heterocycles.